The van der Waals surface area contributed by atoms with Crippen LogP contribution in [0.15, 0.2) is 0 Å². The minimum absolute atomic E-state index is 0.409. The Morgan fingerprint density at radius 2 is 2.13 bits per heavy atom. The van der Waals surface area contributed by atoms with Gasteiger partial charge in [0.2, 0.25) is 0 Å². The zero-order valence-corrected chi connectivity index (χ0v) is 10.2. The molecule has 0 aromatic rings. The second-order valence-electron chi connectivity index (χ2n) is 5.20. The van der Waals surface area contributed by atoms with Gasteiger partial charge in [-0.25, -0.2) is 0 Å². The van der Waals surface area contributed by atoms with Crippen molar-refractivity contribution in [3.63, 3.8) is 0 Å². The summed E-state index contributed by atoms with van der Waals surface area (Å²) in [5.41, 5.74) is 0. The Labute approximate surface area is 93.2 Å². The SMILES string of the molecule is CC1CCNC1CN(C)C1CCOC1C. The molecule has 3 nitrogen and oxygen atoms in total. The van der Waals surface area contributed by atoms with Crippen LogP contribution in [0.3, 0.4) is 0 Å². The highest BCUT2D eigenvalue weighted by Gasteiger charge is 2.31. The first kappa shape index (κ1) is 11.4. The van der Waals surface area contributed by atoms with Crippen LogP contribution in [0.1, 0.15) is 26.7 Å². The van der Waals surface area contributed by atoms with Gasteiger partial charge in [-0.2, -0.15) is 0 Å². The van der Waals surface area contributed by atoms with E-state index in [1.165, 1.54) is 25.9 Å². The summed E-state index contributed by atoms with van der Waals surface area (Å²) in [6.07, 6.45) is 2.93. The maximum Gasteiger partial charge on any atom is 0.0702 e. The molecule has 88 valence electrons. The lowest BCUT2D eigenvalue weighted by atomic mass is 10.0. The van der Waals surface area contributed by atoms with Crippen LogP contribution in [-0.4, -0.2) is 49.8 Å². The predicted molar refractivity (Wildman–Crippen MR) is 62.0 cm³/mol. The zero-order valence-electron chi connectivity index (χ0n) is 10.2. The van der Waals surface area contributed by atoms with Gasteiger partial charge in [0.15, 0.2) is 0 Å². The summed E-state index contributed by atoms with van der Waals surface area (Å²) >= 11 is 0. The summed E-state index contributed by atoms with van der Waals surface area (Å²) in [4.78, 5) is 2.48. The fourth-order valence-corrected chi connectivity index (χ4v) is 2.89. The molecule has 0 amide bonds. The molecular formula is C12H24N2O. The minimum atomic E-state index is 0.409. The van der Waals surface area contributed by atoms with Gasteiger partial charge in [-0.3, -0.25) is 4.90 Å². The van der Waals surface area contributed by atoms with Gasteiger partial charge in [0.05, 0.1) is 6.10 Å². The first-order valence-electron chi connectivity index (χ1n) is 6.23. The number of hydrogen-bond donors (Lipinski definition) is 1. The molecule has 1 N–H and O–H groups in total. The highest BCUT2D eigenvalue weighted by atomic mass is 16.5. The van der Waals surface area contributed by atoms with E-state index in [-0.39, 0.29) is 0 Å². The Balaban J connectivity index is 1.83. The van der Waals surface area contributed by atoms with Gasteiger partial charge < -0.3 is 10.1 Å². The third-order valence-electron chi connectivity index (χ3n) is 4.08. The van der Waals surface area contributed by atoms with Crippen LogP contribution in [0, 0.1) is 5.92 Å². The topological polar surface area (TPSA) is 24.5 Å². The Bertz CT molecular complexity index is 210. The van der Waals surface area contributed by atoms with E-state index in [2.05, 4.69) is 31.1 Å². The highest BCUT2D eigenvalue weighted by Crippen LogP contribution is 2.21. The molecule has 2 fully saturated rings. The quantitative estimate of drug-likeness (QED) is 0.758. The third kappa shape index (κ3) is 2.52. The van der Waals surface area contributed by atoms with Gasteiger partial charge >= 0.3 is 0 Å². The Hall–Kier alpha value is -0.120. The van der Waals surface area contributed by atoms with Crippen LogP contribution in [0.2, 0.25) is 0 Å². The van der Waals surface area contributed by atoms with Crippen LogP contribution in [0.5, 0.6) is 0 Å². The van der Waals surface area contributed by atoms with E-state index in [9.17, 15) is 0 Å². The number of ether oxygens (including phenoxy) is 1. The molecule has 2 aliphatic rings. The molecule has 2 saturated heterocycles. The Morgan fingerprint density at radius 3 is 2.67 bits per heavy atom. The molecule has 0 aliphatic carbocycles. The van der Waals surface area contributed by atoms with Crippen molar-refractivity contribution in [1.82, 2.24) is 10.2 Å². The van der Waals surface area contributed by atoms with Crippen LogP contribution in [-0.2, 0) is 4.74 Å². The lowest BCUT2D eigenvalue weighted by Gasteiger charge is -2.30. The molecule has 4 atom stereocenters. The molecule has 4 unspecified atom stereocenters. The van der Waals surface area contributed by atoms with Crippen molar-refractivity contribution in [3.05, 3.63) is 0 Å². The van der Waals surface area contributed by atoms with Crippen LogP contribution < -0.4 is 5.32 Å². The van der Waals surface area contributed by atoms with Crippen molar-refractivity contribution >= 4 is 0 Å². The zero-order chi connectivity index (χ0) is 10.8. The van der Waals surface area contributed by atoms with Gasteiger partial charge in [0, 0.05) is 25.2 Å². The third-order valence-corrected chi connectivity index (χ3v) is 4.08. The number of rotatable bonds is 3. The summed E-state index contributed by atoms with van der Waals surface area (Å²) in [5, 5.41) is 3.59. The van der Waals surface area contributed by atoms with E-state index < -0.39 is 0 Å². The summed E-state index contributed by atoms with van der Waals surface area (Å²) < 4.78 is 5.62. The molecule has 0 spiro atoms. The molecule has 2 heterocycles. The van der Waals surface area contributed by atoms with E-state index in [0.29, 0.717) is 18.2 Å². The number of hydrogen-bond acceptors (Lipinski definition) is 3. The molecule has 2 aliphatic heterocycles. The average Bonchev–Trinajstić information content (AvgIpc) is 2.76. The van der Waals surface area contributed by atoms with E-state index in [1.54, 1.807) is 0 Å². The van der Waals surface area contributed by atoms with E-state index >= 15 is 0 Å². The second kappa shape index (κ2) is 4.81. The smallest absolute Gasteiger partial charge is 0.0702 e. The molecule has 0 aromatic heterocycles. The van der Waals surface area contributed by atoms with Crippen molar-refractivity contribution in [3.8, 4) is 0 Å². The summed E-state index contributed by atoms with van der Waals surface area (Å²) in [6, 6.07) is 1.31. The van der Waals surface area contributed by atoms with Crippen LogP contribution in [0.4, 0.5) is 0 Å². The van der Waals surface area contributed by atoms with Gasteiger partial charge in [0.25, 0.3) is 0 Å². The van der Waals surface area contributed by atoms with Crippen molar-refractivity contribution in [2.45, 2.75) is 44.9 Å². The van der Waals surface area contributed by atoms with Crippen LogP contribution in [0.25, 0.3) is 0 Å². The predicted octanol–water partition coefficient (Wildman–Crippen LogP) is 1.09. The summed E-state index contributed by atoms with van der Waals surface area (Å²) in [6.45, 7) is 7.84. The largest absolute Gasteiger partial charge is 0.377 e. The fourth-order valence-electron chi connectivity index (χ4n) is 2.89. The second-order valence-corrected chi connectivity index (χ2v) is 5.20. The van der Waals surface area contributed by atoms with Gasteiger partial charge in [-0.1, -0.05) is 6.92 Å². The van der Waals surface area contributed by atoms with Gasteiger partial charge in [0.1, 0.15) is 0 Å². The molecular weight excluding hydrogens is 188 g/mol. The van der Waals surface area contributed by atoms with Gasteiger partial charge in [-0.05, 0) is 39.3 Å². The monoisotopic (exact) mass is 212 g/mol. The molecule has 2 rings (SSSR count). The van der Waals surface area contributed by atoms with Crippen molar-refractivity contribution in [2.75, 3.05) is 26.7 Å². The first-order valence-corrected chi connectivity index (χ1v) is 6.23. The maximum absolute atomic E-state index is 5.62. The fraction of sp³-hybridized carbons (Fsp3) is 1.00. The first-order chi connectivity index (χ1) is 7.18. The normalized spacial score (nSPS) is 41.6. The molecule has 0 saturated carbocycles. The van der Waals surface area contributed by atoms with Crippen LogP contribution >= 0.6 is 0 Å². The molecule has 0 aromatic carbocycles. The Morgan fingerprint density at radius 1 is 1.33 bits per heavy atom. The van der Waals surface area contributed by atoms with E-state index in [0.717, 1.165) is 12.5 Å². The molecule has 3 heteroatoms. The highest BCUT2D eigenvalue weighted by molar-refractivity contribution is 4.87. The lowest BCUT2D eigenvalue weighted by Crippen LogP contribution is -2.45. The Kier molecular flexibility index (Phi) is 3.65. The maximum atomic E-state index is 5.62. The summed E-state index contributed by atoms with van der Waals surface area (Å²) in [5.74, 6) is 0.824. The molecule has 0 radical (unpaired) electrons. The molecule has 0 bridgehead atoms. The minimum Gasteiger partial charge on any atom is -0.377 e. The van der Waals surface area contributed by atoms with Crippen molar-refractivity contribution < 1.29 is 4.74 Å². The van der Waals surface area contributed by atoms with E-state index in [4.69, 9.17) is 4.74 Å². The lowest BCUT2D eigenvalue weighted by molar-refractivity contribution is 0.0795. The number of nitrogens with zero attached hydrogens (tertiary/aromatic N) is 1. The van der Waals surface area contributed by atoms with Crippen molar-refractivity contribution in [1.29, 1.82) is 0 Å². The van der Waals surface area contributed by atoms with Gasteiger partial charge in [-0.15, -0.1) is 0 Å². The summed E-state index contributed by atoms with van der Waals surface area (Å²) in [7, 11) is 2.24. The van der Waals surface area contributed by atoms with E-state index in [1.807, 2.05) is 0 Å². The molecule has 15 heavy (non-hydrogen) atoms. The van der Waals surface area contributed by atoms with Crippen molar-refractivity contribution in [2.24, 2.45) is 5.92 Å². The number of nitrogens with one attached hydrogen (secondary N) is 1. The average molecular weight is 212 g/mol. The standard InChI is InChI=1S/C12H24N2O/c1-9-4-6-13-11(9)8-14(3)12-5-7-15-10(12)2/h9-13H,4-8H2,1-3H3. The number of likely N-dealkylation sites (N-methyl/N-ethyl adjacent to an activating group) is 1.